The molecule has 7 nitrogen and oxygen atoms in total. The van der Waals surface area contributed by atoms with Gasteiger partial charge in [-0.25, -0.2) is 0 Å². The maximum atomic E-state index is 12.7. The third-order valence-corrected chi connectivity index (χ3v) is 3.85. The second kappa shape index (κ2) is 5.34. The number of rotatable bonds is 4. The molecule has 3 heterocycles. The Bertz CT molecular complexity index is 753. The smallest absolute Gasteiger partial charge is 0.339 e. The van der Waals surface area contributed by atoms with Crippen molar-refractivity contribution in [2.24, 2.45) is 12.5 Å². The molecule has 1 aliphatic rings. The molecule has 3 rings (SSSR count). The Labute approximate surface area is 129 Å². The van der Waals surface area contributed by atoms with Crippen molar-refractivity contribution in [3.05, 3.63) is 17.7 Å². The van der Waals surface area contributed by atoms with E-state index in [1.165, 1.54) is 7.05 Å². The minimum atomic E-state index is -4.53. The van der Waals surface area contributed by atoms with Gasteiger partial charge in [0.05, 0.1) is 11.5 Å². The number of nitrogens with zero attached hydrogens (tertiary/aromatic N) is 5. The van der Waals surface area contributed by atoms with Gasteiger partial charge in [-0.15, -0.1) is 0 Å². The van der Waals surface area contributed by atoms with E-state index in [9.17, 15) is 13.2 Å². The van der Waals surface area contributed by atoms with E-state index in [0.717, 1.165) is 10.7 Å². The maximum Gasteiger partial charge on any atom is 0.435 e. The highest BCUT2D eigenvalue weighted by Crippen LogP contribution is 2.31. The molecule has 1 fully saturated rings. The van der Waals surface area contributed by atoms with E-state index in [0.29, 0.717) is 25.9 Å². The molecule has 23 heavy (non-hydrogen) atoms. The second-order valence-corrected chi connectivity index (χ2v) is 5.54. The number of nitriles is 1. The van der Waals surface area contributed by atoms with Crippen LogP contribution in [-0.4, -0.2) is 33.0 Å². The first-order valence-corrected chi connectivity index (χ1v) is 6.89. The van der Waals surface area contributed by atoms with Crippen LogP contribution in [0.4, 0.5) is 13.2 Å². The zero-order valence-electron chi connectivity index (χ0n) is 12.2. The minimum absolute atomic E-state index is 0.0447. The van der Waals surface area contributed by atoms with Gasteiger partial charge in [0.1, 0.15) is 5.69 Å². The lowest BCUT2D eigenvalue weighted by Crippen LogP contribution is -2.52. The molecule has 0 bridgehead atoms. The average Bonchev–Trinajstić information content (AvgIpc) is 3.04. The Morgan fingerprint density at radius 3 is 2.74 bits per heavy atom. The molecule has 122 valence electrons. The highest BCUT2D eigenvalue weighted by Gasteiger charge is 2.37. The fourth-order valence-corrected chi connectivity index (χ4v) is 2.36. The minimum Gasteiger partial charge on any atom is -0.339 e. The van der Waals surface area contributed by atoms with Gasteiger partial charge in [-0.05, 0) is 12.5 Å². The van der Waals surface area contributed by atoms with E-state index in [4.69, 9.17) is 9.78 Å². The van der Waals surface area contributed by atoms with Crippen LogP contribution in [0.5, 0.6) is 0 Å². The van der Waals surface area contributed by atoms with Gasteiger partial charge < -0.3 is 9.84 Å². The SMILES string of the molecule is Cn1nc(C(F)(F)F)cc1-c1noc(CCC2(C#N)CNC2)n1. The van der Waals surface area contributed by atoms with Gasteiger partial charge in [-0.3, -0.25) is 4.68 Å². The molecule has 0 unspecified atom stereocenters. The summed E-state index contributed by atoms with van der Waals surface area (Å²) in [6.45, 7) is 1.22. The standard InChI is InChI=1S/C13H13F3N6O/c1-22-8(4-9(20-22)13(14,15)16)11-19-10(23-21-11)2-3-12(5-17)6-18-7-12/h4,18H,2-3,6-7H2,1H3. The monoisotopic (exact) mass is 326 g/mol. The fourth-order valence-electron chi connectivity index (χ4n) is 2.36. The first-order valence-electron chi connectivity index (χ1n) is 6.89. The maximum absolute atomic E-state index is 12.7. The van der Waals surface area contributed by atoms with Crippen LogP contribution in [0.3, 0.4) is 0 Å². The molecule has 2 aromatic rings. The zero-order valence-corrected chi connectivity index (χ0v) is 12.2. The van der Waals surface area contributed by atoms with E-state index in [1.807, 2.05) is 0 Å². The van der Waals surface area contributed by atoms with E-state index in [1.54, 1.807) is 0 Å². The van der Waals surface area contributed by atoms with Crippen LogP contribution in [0.15, 0.2) is 10.6 Å². The summed E-state index contributed by atoms with van der Waals surface area (Å²) in [5.41, 5.74) is -1.32. The predicted octanol–water partition coefficient (Wildman–Crippen LogP) is 1.53. The fraction of sp³-hybridized carbons (Fsp3) is 0.538. The van der Waals surface area contributed by atoms with Crippen molar-refractivity contribution in [2.45, 2.75) is 19.0 Å². The number of alkyl halides is 3. The van der Waals surface area contributed by atoms with Crippen LogP contribution in [0, 0.1) is 16.7 Å². The quantitative estimate of drug-likeness (QED) is 0.916. The first-order chi connectivity index (χ1) is 10.8. The predicted molar refractivity (Wildman–Crippen MR) is 70.7 cm³/mol. The van der Waals surface area contributed by atoms with Gasteiger partial charge >= 0.3 is 6.18 Å². The van der Waals surface area contributed by atoms with E-state index >= 15 is 0 Å². The van der Waals surface area contributed by atoms with Crippen LogP contribution >= 0.6 is 0 Å². The van der Waals surface area contributed by atoms with Gasteiger partial charge in [0.15, 0.2) is 5.69 Å². The third-order valence-electron chi connectivity index (χ3n) is 3.85. The summed E-state index contributed by atoms with van der Waals surface area (Å²) < 4.78 is 44.1. The van der Waals surface area contributed by atoms with Crippen LogP contribution in [0.1, 0.15) is 18.0 Å². The average molecular weight is 326 g/mol. The molecule has 0 aliphatic carbocycles. The van der Waals surface area contributed by atoms with E-state index in [2.05, 4.69) is 26.6 Å². The van der Waals surface area contributed by atoms with Crippen LogP contribution in [-0.2, 0) is 19.6 Å². The van der Waals surface area contributed by atoms with Gasteiger partial charge in [0.2, 0.25) is 11.7 Å². The summed E-state index contributed by atoms with van der Waals surface area (Å²) in [4.78, 5) is 4.10. The normalized spacial score (nSPS) is 16.8. The van der Waals surface area contributed by atoms with Gasteiger partial charge in [-0.2, -0.15) is 28.5 Å². The first kappa shape index (κ1) is 15.5. The van der Waals surface area contributed by atoms with Crippen molar-refractivity contribution < 1.29 is 17.7 Å². The molecule has 0 atom stereocenters. The number of hydrogen-bond acceptors (Lipinski definition) is 6. The van der Waals surface area contributed by atoms with Gasteiger partial charge in [-0.1, -0.05) is 5.16 Å². The molecular formula is C13H13F3N6O. The molecule has 0 spiro atoms. The Morgan fingerprint density at radius 1 is 1.48 bits per heavy atom. The van der Waals surface area contributed by atoms with Crippen LogP contribution < -0.4 is 5.32 Å². The summed E-state index contributed by atoms with van der Waals surface area (Å²) in [6.07, 6.45) is -3.58. The summed E-state index contributed by atoms with van der Waals surface area (Å²) >= 11 is 0. The topological polar surface area (TPSA) is 92.6 Å². The van der Waals surface area contributed by atoms with Crippen molar-refractivity contribution in [3.8, 4) is 17.6 Å². The molecule has 1 N–H and O–H groups in total. The molecule has 10 heteroatoms. The number of nitrogens with one attached hydrogen (secondary N) is 1. The Kier molecular flexibility index (Phi) is 3.60. The molecule has 0 aromatic carbocycles. The largest absolute Gasteiger partial charge is 0.435 e. The van der Waals surface area contributed by atoms with E-state index < -0.39 is 17.3 Å². The summed E-state index contributed by atoms with van der Waals surface area (Å²) in [6, 6.07) is 3.14. The molecule has 0 radical (unpaired) electrons. The third kappa shape index (κ3) is 2.92. The molecular weight excluding hydrogens is 313 g/mol. The number of aromatic nitrogens is 4. The van der Waals surface area contributed by atoms with Crippen molar-refractivity contribution in [1.29, 1.82) is 5.26 Å². The highest BCUT2D eigenvalue weighted by molar-refractivity contribution is 5.49. The Morgan fingerprint density at radius 2 is 2.22 bits per heavy atom. The Balaban J connectivity index is 1.75. The summed E-state index contributed by atoms with van der Waals surface area (Å²) in [5, 5.41) is 19.3. The molecule has 0 saturated carbocycles. The van der Waals surface area contributed by atoms with Crippen LogP contribution in [0.25, 0.3) is 11.5 Å². The highest BCUT2D eigenvalue weighted by atomic mass is 19.4. The zero-order chi connectivity index (χ0) is 16.7. The lowest BCUT2D eigenvalue weighted by molar-refractivity contribution is -0.141. The van der Waals surface area contributed by atoms with Gasteiger partial charge in [0.25, 0.3) is 0 Å². The van der Waals surface area contributed by atoms with Gasteiger partial charge in [0, 0.05) is 26.6 Å². The van der Waals surface area contributed by atoms with Crippen molar-refractivity contribution in [2.75, 3.05) is 13.1 Å². The van der Waals surface area contributed by atoms with Crippen molar-refractivity contribution in [1.82, 2.24) is 25.2 Å². The number of hydrogen-bond donors (Lipinski definition) is 1. The summed E-state index contributed by atoms with van der Waals surface area (Å²) in [5.74, 6) is 0.333. The van der Waals surface area contributed by atoms with E-state index in [-0.39, 0.29) is 17.4 Å². The lowest BCUT2D eigenvalue weighted by Gasteiger charge is -2.35. The lowest BCUT2D eigenvalue weighted by atomic mass is 9.79. The second-order valence-electron chi connectivity index (χ2n) is 5.54. The molecule has 0 amide bonds. The molecule has 1 saturated heterocycles. The molecule has 1 aliphatic heterocycles. The number of halogens is 3. The Hall–Kier alpha value is -2.41. The van der Waals surface area contributed by atoms with Crippen molar-refractivity contribution in [3.63, 3.8) is 0 Å². The van der Waals surface area contributed by atoms with Crippen LogP contribution in [0.2, 0.25) is 0 Å². The van der Waals surface area contributed by atoms with Crippen molar-refractivity contribution >= 4 is 0 Å². The molecule has 2 aromatic heterocycles. The summed E-state index contributed by atoms with van der Waals surface area (Å²) in [7, 11) is 1.38. The number of aryl methyl sites for hydroxylation is 2.